The summed E-state index contributed by atoms with van der Waals surface area (Å²) < 4.78 is 5.28. The third-order valence-electron chi connectivity index (χ3n) is 2.80. The van der Waals surface area contributed by atoms with E-state index in [0.717, 1.165) is 36.6 Å². The first-order valence-electron chi connectivity index (χ1n) is 6.20. The van der Waals surface area contributed by atoms with Crippen LogP contribution in [0.25, 0.3) is 0 Å². The van der Waals surface area contributed by atoms with Crippen LogP contribution < -0.4 is 0 Å². The van der Waals surface area contributed by atoms with E-state index in [4.69, 9.17) is 16.3 Å². The van der Waals surface area contributed by atoms with E-state index in [9.17, 15) is 0 Å². The van der Waals surface area contributed by atoms with Gasteiger partial charge in [-0.15, -0.1) is 0 Å². The zero-order valence-corrected chi connectivity index (χ0v) is 11.3. The predicted octanol–water partition coefficient (Wildman–Crippen LogP) is 4.49. The number of allylic oxidation sites excluding steroid dienone is 1. The van der Waals surface area contributed by atoms with Crippen LogP contribution in [0.2, 0.25) is 0 Å². The average Bonchev–Trinajstić information content (AvgIpc) is 3.07. The minimum atomic E-state index is 0.624. The molecule has 0 aliphatic heterocycles. The van der Waals surface area contributed by atoms with Gasteiger partial charge in [0, 0.05) is 5.71 Å². The van der Waals surface area contributed by atoms with Crippen molar-refractivity contribution < 1.29 is 4.74 Å². The van der Waals surface area contributed by atoms with Crippen molar-refractivity contribution in [1.82, 2.24) is 0 Å². The first-order chi connectivity index (χ1) is 7.71. The van der Waals surface area contributed by atoms with Gasteiger partial charge in [-0.25, -0.2) is 4.99 Å². The van der Waals surface area contributed by atoms with Crippen LogP contribution in [0.1, 0.15) is 52.4 Å². The van der Waals surface area contributed by atoms with Crippen molar-refractivity contribution >= 4 is 17.3 Å². The molecule has 0 saturated heterocycles. The zero-order valence-electron chi connectivity index (χ0n) is 10.6. The Hall–Kier alpha value is -0.500. The van der Waals surface area contributed by atoms with Crippen LogP contribution in [0.4, 0.5) is 0 Å². The average molecular weight is 244 g/mol. The van der Waals surface area contributed by atoms with E-state index in [0.29, 0.717) is 5.88 Å². The van der Waals surface area contributed by atoms with E-state index in [1.54, 1.807) is 7.11 Å². The summed E-state index contributed by atoms with van der Waals surface area (Å²) in [6.07, 6.45) is 6.63. The molecule has 0 amide bonds. The number of ether oxygens (including phenoxy) is 1. The molecule has 0 aromatic rings. The van der Waals surface area contributed by atoms with Gasteiger partial charge >= 0.3 is 0 Å². The minimum absolute atomic E-state index is 0.624. The topological polar surface area (TPSA) is 21.6 Å². The maximum absolute atomic E-state index is 6.23. The molecule has 1 saturated carbocycles. The molecule has 1 rings (SSSR count). The van der Waals surface area contributed by atoms with Crippen LogP contribution in [0.3, 0.4) is 0 Å². The summed E-state index contributed by atoms with van der Waals surface area (Å²) in [6, 6.07) is 0. The standard InChI is InChI=1S/C13H22ClNO/c1-4-6-11(5-2)15-13(16-3)12(14)9-10-7-8-10/h10H,4-9H2,1-3H3/b13-12-,15-11?. The molecule has 0 N–H and O–H groups in total. The summed E-state index contributed by atoms with van der Waals surface area (Å²) in [5.74, 6) is 1.39. The highest BCUT2D eigenvalue weighted by Crippen LogP contribution is 2.37. The van der Waals surface area contributed by atoms with Gasteiger partial charge in [0.1, 0.15) is 0 Å². The molecular formula is C13H22ClNO. The van der Waals surface area contributed by atoms with Crippen molar-refractivity contribution in [3.63, 3.8) is 0 Å². The van der Waals surface area contributed by atoms with Gasteiger partial charge in [-0.1, -0.05) is 31.9 Å². The van der Waals surface area contributed by atoms with E-state index in [1.165, 1.54) is 18.6 Å². The lowest BCUT2D eigenvalue weighted by molar-refractivity contribution is 0.284. The molecule has 1 aliphatic carbocycles. The maximum atomic E-state index is 6.23. The summed E-state index contributed by atoms with van der Waals surface area (Å²) in [5, 5.41) is 0.784. The van der Waals surface area contributed by atoms with Gasteiger partial charge < -0.3 is 4.74 Å². The second kappa shape index (κ2) is 6.95. The van der Waals surface area contributed by atoms with Crippen LogP contribution in [-0.4, -0.2) is 12.8 Å². The fraction of sp³-hybridized carbons (Fsp3) is 0.769. The first-order valence-corrected chi connectivity index (χ1v) is 6.58. The Bertz CT molecular complexity index is 280. The second-order valence-corrected chi connectivity index (χ2v) is 4.80. The smallest absolute Gasteiger partial charge is 0.227 e. The Balaban J connectivity index is 2.69. The maximum Gasteiger partial charge on any atom is 0.227 e. The van der Waals surface area contributed by atoms with Crippen molar-refractivity contribution in [2.75, 3.05) is 7.11 Å². The van der Waals surface area contributed by atoms with Crippen LogP contribution in [0, 0.1) is 5.92 Å². The largest absolute Gasteiger partial charge is 0.480 e. The Morgan fingerprint density at radius 2 is 2.06 bits per heavy atom. The van der Waals surface area contributed by atoms with Gasteiger partial charge in [0.25, 0.3) is 0 Å². The molecule has 16 heavy (non-hydrogen) atoms. The Morgan fingerprint density at radius 3 is 2.50 bits per heavy atom. The molecule has 0 aromatic heterocycles. The monoisotopic (exact) mass is 243 g/mol. The van der Waals surface area contributed by atoms with Gasteiger partial charge in [0.15, 0.2) is 0 Å². The van der Waals surface area contributed by atoms with Crippen molar-refractivity contribution in [3.8, 4) is 0 Å². The first kappa shape index (κ1) is 13.6. The highest BCUT2D eigenvalue weighted by Gasteiger charge is 2.23. The summed E-state index contributed by atoms with van der Waals surface area (Å²) in [5.41, 5.74) is 1.17. The number of rotatable bonds is 7. The third kappa shape index (κ3) is 4.56. The van der Waals surface area contributed by atoms with Gasteiger partial charge in [-0.05, 0) is 38.0 Å². The molecule has 0 radical (unpaired) electrons. The molecule has 1 aliphatic rings. The number of aliphatic imine (C=N–C) groups is 1. The van der Waals surface area contributed by atoms with Crippen LogP contribution in [0.5, 0.6) is 0 Å². The van der Waals surface area contributed by atoms with Gasteiger partial charge in [0.2, 0.25) is 5.88 Å². The second-order valence-electron chi connectivity index (χ2n) is 4.34. The summed E-state index contributed by atoms with van der Waals surface area (Å²) >= 11 is 6.23. The highest BCUT2D eigenvalue weighted by atomic mass is 35.5. The molecule has 0 bridgehead atoms. The lowest BCUT2D eigenvalue weighted by Crippen LogP contribution is -1.99. The Morgan fingerprint density at radius 1 is 1.38 bits per heavy atom. The van der Waals surface area contributed by atoms with E-state index in [-0.39, 0.29) is 0 Å². The molecule has 1 fully saturated rings. The molecule has 0 heterocycles. The molecular weight excluding hydrogens is 222 g/mol. The predicted molar refractivity (Wildman–Crippen MR) is 69.9 cm³/mol. The normalized spacial score (nSPS) is 18.4. The van der Waals surface area contributed by atoms with E-state index < -0.39 is 0 Å². The van der Waals surface area contributed by atoms with Gasteiger partial charge in [0.05, 0.1) is 12.1 Å². The fourth-order valence-electron chi connectivity index (χ4n) is 1.62. The van der Waals surface area contributed by atoms with Crippen LogP contribution in [-0.2, 0) is 4.74 Å². The lowest BCUT2D eigenvalue weighted by Gasteiger charge is -2.07. The molecule has 0 spiro atoms. The van der Waals surface area contributed by atoms with Crippen molar-refractivity contribution in [1.29, 1.82) is 0 Å². The van der Waals surface area contributed by atoms with Crippen molar-refractivity contribution in [2.45, 2.75) is 52.4 Å². The number of nitrogens with zero attached hydrogens (tertiary/aromatic N) is 1. The molecule has 0 aromatic carbocycles. The molecule has 0 unspecified atom stereocenters. The molecule has 92 valence electrons. The van der Waals surface area contributed by atoms with E-state index >= 15 is 0 Å². The Labute approximate surface area is 104 Å². The zero-order chi connectivity index (χ0) is 12.0. The van der Waals surface area contributed by atoms with Crippen LogP contribution in [0.15, 0.2) is 15.9 Å². The molecule has 3 heteroatoms. The lowest BCUT2D eigenvalue weighted by atomic mass is 10.2. The van der Waals surface area contributed by atoms with Gasteiger partial charge in [-0.2, -0.15) is 0 Å². The van der Waals surface area contributed by atoms with E-state index in [2.05, 4.69) is 18.8 Å². The van der Waals surface area contributed by atoms with Crippen LogP contribution >= 0.6 is 11.6 Å². The van der Waals surface area contributed by atoms with Crippen molar-refractivity contribution in [3.05, 3.63) is 10.9 Å². The van der Waals surface area contributed by atoms with Gasteiger partial charge in [-0.3, -0.25) is 0 Å². The number of halogens is 1. The molecule has 0 atom stereocenters. The fourth-order valence-corrected chi connectivity index (χ4v) is 1.96. The highest BCUT2D eigenvalue weighted by molar-refractivity contribution is 6.29. The molecule has 2 nitrogen and oxygen atoms in total. The SMILES string of the molecule is CCCC(CC)=N/C(OC)=C(/Cl)CC1CC1. The Kier molecular flexibility index (Phi) is 5.89. The summed E-state index contributed by atoms with van der Waals surface area (Å²) in [6.45, 7) is 4.28. The minimum Gasteiger partial charge on any atom is -0.480 e. The quantitative estimate of drug-likeness (QED) is 0.477. The van der Waals surface area contributed by atoms with Crippen molar-refractivity contribution in [2.24, 2.45) is 10.9 Å². The summed E-state index contributed by atoms with van der Waals surface area (Å²) in [7, 11) is 1.65. The number of methoxy groups -OCH3 is 1. The van der Waals surface area contributed by atoms with E-state index in [1.807, 2.05) is 0 Å². The third-order valence-corrected chi connectivity index (χ3v) is 3.11. The summed E-state index contributed by atoms with van der Waals surface area (Å²) in [4.78, 5) is 4.53. The number of hydrogen-bond donors (Lipinski definition) is 0. The number of hydrogen-bond acceptors (Lipinski definition) is 2.